The summed E-state index contributed by atoms with van der Waals surface area (Å²) in [5.74, 6) is 1.06. The molecule has 0 aliphatic heterocycles. The van der Waals surface area contributed by atoms with Crippen molar-refractivity contribution in [2.24, 2.45) is 11.1 Å². The van der Waals surface area contributed by atoms with Crippen LogP contribution in [0, 0.1) is 5.41 Å². The first-order chi connectivity index (χ1) is 9.02. The Morgan fingerprint density at radius 3 is 2.63 bits per heavy atom. The minimum Gasteiger partial charge on any atom is -0.330 e. The van der Waals surface area contributed by atoms with Gasteiger partial charge in [0.25, 0.3) is 0 Å². The Kier molecular flexibility index (Phi) is 6.45. The average Bonchev–Trinajstić information content (AvgIpc) is 2.77. The Hall–Kier alpha value is -0.940. The number of hydrogen-bond acceptors (Lipinski definition) is 4. The lowest BCUT2D eigenvalue weighted by atomic mass is 9.93. The largest absolute Gasteiger partial charge is 0.330 e. The van der Waals surface area contributed by atoms with E-state index in [1.165, 1.54) is 0 Å². The molecule has 0 atom stereocenters. The Bertz CT molecular complexity index is 358. The summed E-state index contributed by atoms with van der Waals surface area (Å²) in [4.78, 5) is 6.83. The molecule has 19 heavy (non-hydrogen) atoms. The van der Waals surface area contributed by atoms with Crippen molar-refractivity contribution in [1.29, 1.82) is 0 Å². The first kappa shape index (κ1) is 16.1. The maximum atomic E-state index is 5.84. The summed E-state index contributed by atoms with van der Waals surface area (Å²) >= 11 is 0. The smallest absolute Gasteiger partial charge is 0.141 e. The standard InChI is InChI=1S/C14H29N5/c1-5-7-18(11-14(3,4)10-15)9-13-16-12-17-19(13)8-6-2/h12H,5-11,15H2,1-4H3. The molecule has 0 spiro atoms. The molecule has 0 fully saturated rings. The predicted octanol–water partition coefficient (Wildman–Crippen LogP) is 1.88. The van der Waals surface area contributed by atoms with E-state index in [0.29, 0.717) is 6.54 Å². The van der Waals surface area contributed by atoms with E-state index in [9.17, 15) is 0 Å². The second kappa shape index (κ2) is 7.60. The van der Waals surface area contributed by atoms with Gasteiger partial charge >= 0.3 is 0 Å². The third-order valence-corrected chi connectivity index (χ3v) is 3.24. The van der Waals surface area contributed by atoms with E-state index < -0.39 is 0 Å². The highest BCUT2D eigenvalue weighted by atomic mass is 15.3. The summed E-state index contributed by atoms with van der Waals surface area (Å²) < 4.78 is 2.01. The van der Waals surface area contributed by atoms with E-state index in [1.54, 1.807) is 6.33 Å². The van der Waals surface area contributed by atoms with Crippen LogP contribution in [0.2, 0.25) is 0 Å². The lowest BCUT2D eigenvalue weighted by Gasteiger charge is -2.31. The fraction of sp³-hybridized carbons (Fsp3) is 0.857. The molecule has 0 aliphatic carbocycles. The van der Waals surface area contributed by atoms with Crippen molar-refractivity contribution in [3.05, 3.63) is 12.2 Å². The highest BCUT2D eigenvalue weighted by Crippen LogP contribution is 2.16. The van der Waals surface area contributed by atoms with Crippen LogP contribution in [0.25, 0.3) is 0 Å². The molecular weight excluding hydrogens is 238 g/mol. The Morgan fingerprint density at radius 1 is 1.32 bits per heavy atom. The van der Waals surface area contributed by atoms with Gasteiger partial charge in [0, 0.05) is 13.1 Å². The van der Waals surface area contributed by atoms with Crippen LogP contribution in [-0.2, 0) is 13.1 Å². The molecule has 0 radical (unpaired) electrons. The van der Waals surface area contributed by atoms with Crippen LogP contribution in [0.4, 0.5) is 0 Å². The number of rotatable bonds is 9. The van der Waals surface area contributed by atoms with Gasteiger partial charge in [-0.2, -0.15) is 5.10 Å². The third-order valence-electron chi connectivity index (χ3n) is 3.24. The SMILES string of the molecule is CCCN(Cc1ncnn1CCC)CC(C)(C)CN. The lowest BCUT2D eigenvalue weighted by Crippen LogP contribution is -2.39. The van der Waals surface area contributed by atoms with Gasteiger partial charge < -0.3 is 5.73 Å². The van der Waals surface area contributed by atoms with E-state index in [0.717, 1.165) is 44.8 Å². The molecule has 0 saturated carbocycles. The third kappa shape index (κ3) is 5.28. The van der Waals surface area contributed by atoms with E-state index in [1.807, 2.05) is 4.68 Å². The first-order valence-electron chi connectivity index (χ1n) is 7.31. The molecule has 5 heteroatoms. The normalized spacial score (nSPS) is 12.3. The maximum absolute atomic E-state index is 5.84. The minimum absolute atomic E-state index is 0.144. The molecule has 1 rings (SSSR count). The highest BCUT2D eigenvalue weighted by Gasteiger charge is 2.21. The van der Waals surface area contributed by atoms with Crippen molar-refractivity contribution in [2.45, 2.75) is 53.6 Å². The molecule has 2 N–H and O–H groups in total. The van der Waals surface area contributed by atoms with Crippen LogP contribution in [-0.4, -0.2) is 39.3 Å². The number of nitrogens with two attached hydrogens (primary N) is 1. The lowest BCUT2D eigenvalue weighted by molar-refractivity contribution is 0.170. The molecule has 0 aliphatic rings. The van der Waals surface area contributed by atoms with Gasteiger partial charge in [0.2, 0.25) is 0 Å². The summed E-state index contributed by atoms with van der Waals surface area (Å²) in [7, 11) is 0. The van der Waals surface area contributed by atoms with Gasteiger partial charge in [-0.3, -0.25) is 4.90 Å². The molecule has 1 aromatic rings. The Labute approximate surface area is 117 Å². The fourth-order valence-electron chi connectivity index (χ4n) is 2.21. The van der Waals surface area contributed by atoms with E-state index >= 15 is 0 Å². The molecule has 5 nitrogen and oxygen atoms in total. The highest BCUT2D eigenvalue weighted by molar-refractivity contribution is 4.86. The second-order valence-corrected chi connectivity index (χ2v) is 5.98. The zero-order valence-electron chi connectivity index (χ0n) is 12.9. The first-order valence-corrected chi connectivity index (χ1v) is 7.31. The molecule has 1 heterocycles. The number of aryl methyl sites for hydroxylation is 1. The summed E-state index contributed by atoms with van der Waals surface area (Å²) in [6, 6.07) is 0. The zero-order chi connectivity index (χ0) is 14.3. The van der Waals surface area contributed by atoms with Gasteiger partial charge in [0.1, 0.15) is 12.2 Å². The summed E-state index contributed by atoms with van der Waals surface area (Å²) in [6.07, 6.45) is 3.88. The molecule has 1 aromatic heterocycles. The van der Waals surface area contributed by atoms with Gasteiger partial charge in [0.15, 0.2) is 0 Å². The van der Waals surface area contributed by atoms with E-state index in [4.69, 9.17) is 5.73 Å². The van der Waals surface area contributed by atoms with Gasteiger partial charge in [-0.1, -0.05) is 27.7 Å². The summed E-state index contributed by atoms with van der Waals surface area (Å²) in [5.41, 5.74) is 5.99. The molecule has 0 amide bonds. The maximum Gasteiger partial charge on any atom is 0.141 e. The minimum atomic E-state index is 0.144. The number of nitrogens with zero attached hydrogens (tertiary/aromatic N) is 4. The monoisotopic (exact) mass is 267 g/mol. The van der Waals surface area contributed by atoms with Crippen molar-refractivity contribution >= 4 is 0 Å². The van der Waals surface area contributed by atoms with Crippen molar-refractivity contribution in [3.63, 3.8) is 0 Å². The zero-order valence-corrected chi connectivity index (χ0v) is 12.9. The summed E-state index contributed by atoms with van der Waals surface area (Å²) in [5, 5.41) is 4.29. The van der Waals surface area contributed by atoms with Gasteiger partial charge in [-0.15, -0.1) is 0 Å². The van der Waals surface area contributed by atoms with Crippen LogP contribution in [0.5, 0.6) is 0 Å². The van der Waals surface area contributed by atoms with Crippen LogP contribution >= 0.6 is 0 Å². The molecular formula is C14H29N5. The number of hydrogen-bond donors (Lipinski definition) is 1. The van der Waals surface area contributed by atoms with Crippen LogP contribution in [0.15, 0.2) is 6.33 Å². The molecule has 110 valence electrons. The van der Waals surface area contributed by atoms with Crippen LogP contribution < -0.4 is 5.73 Å². The summed E-state index contributed by atoms with van der Waals surface area (Å²) in [6.45, 7) is 13.4. The number of aromatic nitrogens is 3. The van der Waals surface area contributed by atoms with Crippen LogP contribution in [0.1, 0.15) is 46.4 Å². The predicted molar refractivity (Wildman–Crippen MR) is 78.7 cm³/mol. The van der Waals surface area contributed by atoms with Crippen molar-refractivity contribution < 1.29 is 0 Å². The van der Waals surface area contributed by atoms with Crippen LogP contribution in [0.3, 0.4) is 0 Å². The van der Waals surface area contributed by atoms with Crippen molar-refractivity contribution in [3.8, 4) is 0 Å². The molecule has 0 saturated heterocycles. The van der Waals surface area contributed by atoms with Crippen molar-refractivity contribution in [1.82, 2.24) is 19.7 Å². The van der Waals surface area contributed by atoms with E-state index in [-0.39, 0.29) is 5.41 Å². The average molecular weight is 267 g/mol. The topological polar surface area (TPSA) is 60.0 Å². The van der Waals surface area contributed by atoms with Crippen molar-refractivity contribution in [2.75, 3.05) is 19.6 Å². The second-order valence-electron chi connectivity index (χ2n) is 5.98. The Balaban J connectivity index is 2.69. The van der Waals surface area contributed by atoms with E-state index in [2.05, 4.69) is 42.7 Å². The molecule has 0 bridgehead atoms. The van der Waals surface area contributed by atoms with Gasteiger partial charge in [-0.25, -0.2) is 9.67 Å². The van der Waals surface area contributed by atoms with Gasteiger partial charge in [-0.05, 0) is 31.3 Å². The fourth-order valence-corrected chi connectivity index (χ4v) is 2.21. The Morgan fingerprint density at radius 2 is 2.05 bits per heavy atom. The quantitative estimate of drug-likeness (QED) is 0.742. The molecule has 0 unspecified atom stereocenters. The molecule has 0 aromatic carbocycles. The van der Waals surface area contributed by atoms with Gasteiger partial charge in [0.05, 0.1) is 6.54 Å².